The van der Waals surface area contributed by atoms with Gasteiger partial charge in [0.15, 0.2) is 0 Å². The Hall–Kier alpha value is -2.30. The predicted octanol–water partition coefficient (Wildman–Crippen LogP) is 0.0805. The zero-order valence-corrected chi connectivity index (χ0v) is 9.46. The molecule has 0 atom stereocenters. The maximum Gasteiger partial charge on any atom is 0.350 e. The lowest BCUT2D eigenvalue weighted by atomic mass is 10.2. The molecule has 0 bridgehead atoms. The summed E-state index contributed by atoms with van der Waals surface area (Å²) in [7, 11) is 0. The first kappa shape index (κ1) is 11.2. The number of aromatic nitrogens is 2. The maximum atomic E-state index is 11.8. The third-order valence-electron chi connectivity index (χ3n) is 2.62. The van der Waals surface area contributed by atoms with Crippen molar-refractivity contribution in [1.29, 1.82) is 0 Å². The highest BCUT2D eigenvalue weighted by Gasteiger charge is 2.06. The molecule has 0 fully saturated rings. The highest BCUT2D eigenvalue weighted by molar-refractivity contribution is 5.16. The van der Waals surface area contributed by atoms with Crippen molar-refractivity contribution in [1.82, 2.24) is 9.24 Å². The van der Waals surface area contributed by atoms with Crippen molar-refractivity contribution < 1.29 is 0 Å². The van der Waals surface area contributed by atoms with Crippen LogP contribution < -0.4 is 17.1 Å². The lowest BCUT2D eigenvalue weighted by Gasteiger charge is -2.10. The van der Waals surface area contributed by atoms with Gasteiger partial charge < -0.3 is 5.84 Å². The molecular formula is C12H13N3O2. The average Bonchev–Trinajstić information content (AvgIpc) is 2.33. The monoisotopic (exact) mass is 231 g/mol. The van der Waals surface area contributed by atoms with E-state index >= 15 is 0 Å². The van der Waals surface area contributed by atoms with Crippen LogP contribution in [0.5, 0.6) is 0 Å². The van der Waals surface area contributed by atoms with Gasteiger partial charge in [0.2, 0.25) is 0 Å². The van der Waals surface area contributed by atoms with E-state index in [1.807, 2.05) is 30.3 Å². The standard InChI is InChI=1S/C12H13N3O2/c1-9-7-11(16)15(13)12(17)14(9)8-10-5-3-2-4-6-10/h2-7H,8,13H2,1H3. The van der Waals surface area contributed by atoms with Crippen LogP contribution in [0.2, 0.25) is 0 Å². The average molecular weight is 231 g/mol. The van der Waals surface area contributed by atoms with E-state index in [4.69, 9.17) is 5.84 Å². The molecule has 0 saturated carbocycles. The molecule has 0 aliphatic rings. The van der Waals surface area contributed by atoms with Crippen LogP contribution in [0, 0.1) is 6.92 Å². The summed E-state index contributed by atoms with van der Waals surface area (Å²) in [4.78, 5) is 23.1. The summed E-state index contributed by atoms with van der Waals surface area (Å²) >= 11 is 0. The molecule has 1 heterocycles. The number of hydrogen-bond donors (Lipinski definition) is 1. The summed E-state index contributed by atoms with van der Waals surface area (Å²) in [5, 5.41) is 0. The fourth-order valence-corrected chi connectivity index (χ4v) is 1.66. The van der Waals surface area contributed by atoms with Gasteiger partial charge in [-0.3, -0.25) is 9.36 Å². The first-order valence-electron chi connectivity index (χ1n) is 5.22. The summed E-state index contributed by atoms with van der Waals surface area (Å²) in [5.41, 5.74) is 0.595. The zero-order valence-electron chi connectivity index (χ0n) is 9.46. The molecule has 0 unspecified atom stereocenters. The second kappa shape index (κ2) is 4.29. The van der Waals surface area contributed by atoms with Gasteiger partial charge in [0.05, 0.1) is 6.54 Å². The quantitative estimate of drug-likeness (QED) is 0.744. The normalized spacial score (nSPS) is 10.4. The Labute approximate surface area is 97.7 Å². The number of rotatable bonds is 2. The van der Waals surface area contributed by atoms with Gasteiger partial charge in [-0.2, -0.15) is 4.68 Å². The van der Waals surface area contributed by atoms with Gasteiger partial charge >= 0.3 is 5.69 Å². The third-order valence-corrected chi connectivity index (χ3v) is 2.62. The van der Waals surface area contributed by atoms with Gasteiger partial charge in [-0.05, 0) is 12.5 Å². The lowest BCUT2D eigenvalue weighted by Crippen LogP contribution is -2.45. The Morgan fingerprint density at radius 1 is 1.18 bits per heavy atom. The molecule has 0 spiro atoms. The topological polar surface area (TPSA) is 70.0 Å². The van der Waals surface area contributed by atoms with E-state index in [0.717, 1.165) is 5.56 Å². The molecule has 2 aromatic rings. The highest BCUT2D eigenvalue weighted by Crippen LogP contribution is 2.01. The van der Waals surface area contributed by atoms with E-state index in [9.17, 15) is 9.59 Å². The number of nitrogen functional groups attached to an aromatic ring is 1. The summed E-state index contributed by atoms with van der Waals surface area (Å²) < 4.78 is 2.09. The van der Waals surface area contributed by atoms with Gasteiger partial charge in [0, 0.05) is 11.8 Å². The number of nitrogens with two attached hydrogens (primary N) is 1. The molecule has 0 aliphatic heterocycles. The summed E-state index contributed by atoms with van der Waals surface area (Å²) in [6.07, 6.45) is 0. The minimum absolute atomic E-state index is 0.406. The second-order valence-electron chi connectivity index (χ2n) is 3.85. The van der Waals surface area contributed by atoms with E-state index in [1.54, 1.807) is 6.92 Å². The largest absolute Gasteiger partial charge is 0.350 e. The van der Waals surface area contributed by atoms with Crippen molar-refractivity contribution in [2.24, 2.45) is 0 Å². The van der Waals surface area contributed by atoms with Crippen LogP contribution in [0.1, 0.15) is 11.3 Å². The van der Waals surface area contributed by atoms with Crippen LogP contribution >= 0.6 is 0 Å². The van der Waals surface area contributed by atoms with Crippen LogP contribution in [0.4, 0.5) is 0 Å². The third kappa shape index (κ3) is 2.13. The summed E-state index contributed by atoms with van der Waals surface area (Å²) in [6.45, 7) is 2.12. The Morgan fingerprint density at radius 2 is 1.82 bits per heavy atom. The number of aryl methyl sites for hydroxylation is 1. The van der Waals surface area contributed by atoms with Crippen molar-refractivity contribution in [3.05, 3.63) is 68.5 Å². The Kier molecular flexibility index (Phi) is 2.82. The Morgan fingerprint density at radius 3 is 2.47 bits per heavy atom. The molecule has 0 radical (unpaired) electrons. The molecule has 5 nitrogen and oxygen atoms in total. The first-order chi connectivity index (χ1) is 8.09. The Bertz CT molecular complexity index is 641. The van der Waals surface area contributed by atoms with Crippen LogP contribution in [0.15, 0.2) is 46.0 Å². The summed E-state index contributed by atoms with van der Waals surface area (Å²) in [6, 6.07) is 10.9. The van der Waals surface area contributed by atoms with Crippen LogP contribution in [0.25, 0.3) is 0 Å². The molecule has 2 rings (SSSR count). The van der Waals surface area contributed by atoms with E-state index in [2.05, 4.69) is 0 Å². The van der Waals surface area contributed by atoms with E-state index < -0.39 is 11.2 Å². The second-order valence-corrected chi connectivity index (χ2v) is 3.85. The highest BCUT2D eigenvalue weighted by atomic mass is 16.2. The molecule has 88 valence electrons. The lowest BCUT2D eigenvalue weighted by molar-refractivity contribution is 0.646. The number of hydrogen-bond acceptors (Lipinski definition) is 3. The fraction of sp³-hybridized carbons (Fsp3) is 0.167. The van der Waals surface area contributed by atoms with Crippen molar-refractivity contribution in [2.75, 3.05) is 5.84 Å². The smallest absolute Gasteiger partial charge is 0.332 e. The molecule has 0 aliphatic carbocycles. The minimum Gasteiger partial charge on any atom is -0.332 e. The molecule has 2 N–H and O–H groups in total. The van der Waals surface area contributed by atoms with Crippen molar-refractivity contribution in [3.8, 4) is 0 Å². The maximum absolute atomic E-state index is 11.8. The predicted molar refractivity (Wildman–Crippen MR) is 65.4 cm³/mol. The van der Waals surface area contributed by atoms with Crippen LogP contribution in [-0.2, 0) is 6.54 Å². The number of benzene rings is 1. The molecule has 0 amide bonds. The molecule has 17 heavy (non-hydrogen) atoms. The Balaban J connectivity index is 2.51. The van der Waals surface area contributed by atoms with Crippen molar-refractivity contribution >= 4 is 0 Å². The van der Waals surface area contributed by atoms with Crippen molar-refractivity contribution in [2.45, 2.75) is 13.5 Å². The van der Waals surface area contributed by atoms with Crippen molar-refractivity contribution in [3.63, 3.8) is 0 Å². The molecule has 5 heteroatoms. The van der Waals surface area contributed by atoms with E-state index in [0.29, 0.717) is 16.9 Å². The van der Waals surface area contributed by atoms with Crippen LogP contribution in [-0.4, -0.2) is 9.24 Å². The first-order valence-corrected chi connectivity index (χ1v) is 5.22. The molecule has 1 aromatic carbocycles. The fourth-order valence-electron chi connectivity index (χ4n) is 1.66. The summed E-state index contributed by atoms with van der Waals surface area (Å²) in [5.74, 6) is 5.38. The molecule has 0 saturated heterocycles. The van der Waals surface area contributed by atoms with Crippen LogP contribution in [0.3, 0.4) is 0 Å². The van der Waals surface area contributed by atoms with Gasteiger partial charge in [0.25, 0.3) is 5.56 Å². The van der Waals surface area contributed by atoms with Gasteiger partial charge in [0.1, 0.15) is 0 Å². The molecular weight excluding hydrogens is 218 g/mol. The number of nitrogens with zero attached hydrogens (tertiary/aromatic N) is 2. The van der Waals surface area contributed by atoms with Gasteiger partial charge in [-0.1, -0.05) is 30.3 Å². The van der Waals surface area contributed by atoms with Gasteiger partial charge in [-0.25, -0.2) is 4.79 Å². The molecule has 1 aromatic heterocycles. The zero-order chi connectivity index (χ0) is 12.4. The SMILES string of the molecule is Cc1cc(=O)n(N)c(=O)n1Cc1ccccc1. The van der Waals surface area contributed by atoms with E-state index in [1.165, 1.54) is 10.6 Å². The van der Waals surface area contributed by atoms with Gasteiger partial charge in [-0.15, -0.1) is 0 Å². The van der Waals surface area contributed by atoms with E-state index in [-0.39, 0.29) is 0 Å². The minimum atomic E-state index is -0.501.